The van der Waals surface area contributed by atoms with Crippen molar-refractivity contribution in [1.82, 2.24) is 5.10 Å². The van der Waals surface area contributed by atoms with E-state index in [1.165, 1.54) is 10.7 Å². The van der Waals surface area contributed by atoms with E-state index in [0.717, 1.165) is 0 Å². The van der Waals surface area contributed by atoms with E-state index < -0.39 is 5.95 Å². The quantitative estimate of drug-likeness (QED) is 0.601. The second-order valence-electron chi connectivity index (χ2n) is 2.32. The standard InChI is InChI=1S/C7H10FN3O/c1-11-7(9-4-5-12)3-2-6(8)10-11/h2-3,12H,4-5H2,1H3/p+1. The number of rotatable bonds is 3. The summed E-state index contributed by atoms with van der Waals surface area (Å²) in [4.78, 5) is 0. The Balaban J connectivity index is 2.72. The Hall–Kier alpha value is -1.23. The first-order valence-electron chi connectivity index (χ1n) is 3.61. The molecule has 1 rings (SSSR count). The van der Waals surface area contributed by atoms with E-state index in [4.69, 9.17) is 5.11 Å². The third kappa shape index (κ3) is 2.13. The molecule has 0 fully saturated rings. The molecule has 0 aromatic carbocycles. The molecule has 0 aliphatic heterocycles. The molecule has 12 heavy (non-hydrogen) atoms. The first-order chi connectivity index (χ1) is 5.74. The summed E-state index contributed by atoms with van der Waals surface area (Å²) in [5.74, 6) is 0.150. The number of aryl methyl sites for hydroxylation is 1. The third-order valence-electron chi connectivity index (χ3n) is 1.39. The van der Waals surface area contributed by atoms with Gasteiger partial charge in [0, 0.05) is 12.1 Å². The van der Waals surface area contributed by atoms with Crippen LogP contribution in [0.25, 0.3) is 0 Å². The zero-order valence-electron chi connectivity index (χ0n) is 6.79. The number of hydrogen-bond acceptors (Lipinski definition) is 3. The minimum atomic E-state index is -0.521. The fourth-order valence-electron chi connectivity index (χ4n) is 0.843. The topological polar surface area (TPSA) is 49.0 Å². The summed E-state index contributed by atoms with van der Waals surface area (Å²) in [5, 5.41) is 14.9. The summed E-state index contributed by atoms with van der Waals surface area (Å²) in [6.45, 7) is 0.471. The van der Waals surface area contributed by atoms with Gasteiger partial charge in [0.2, 0.25) is 0 Å². The predicted octanol–water partition coefficient (Wildman–Crippen LogP) is -0.551. The van der Waals surface area contributed by atoms with Crippen molar-refractivity contribution in [2.45, 2.75) is 0 Å². The van der Waals surface area contributed by atoms with Gasteiger partial charge < -0.3 is 5.11 Å². The smallest absolute Gasteiger partial charge is 0.295 e. The lowest BCUT2D eigenvalue weighted by molar-refractivity contribution is -0.719. The molecule has 0 radical (unpaired) electrons. The number of halogens is 1. The van der Waals surface area contributed by atoms with Gasteiger partial charge in [-0.25, -0.2) is 0 Å². The minimum absolute atomic E-state index is 0.0391. The van der Waals surface area contributed by atoms with E-state index in [0.29, 0.717) is 12.4 Å². The maximum Gasteiger partial charge on any atom is 0.295 e. The van der Waals surface area contributed by atoms with Gasteiger partial charge >= 0.3 is 0 Å². The molecular weight excluding hydrogens is 161 g/mol. The number of nitrogens with one attached hydrogen (secondary N) is 1. The molecule has 0 unspecified atom stereocenters. The molecule has 0 spiro atoms. The van der Waals surface area contributed by atoms with Crippen molar-refractivity contribution >= 4 is 5.82 Å². The molecule has 0 bridgehead atoms. The van der Waals surface area contributed by atoms with Gasteiger partial charge in [0.1, 0.15) is 13.6 Å². The molecule has 4 nitrogen and oxygen atoms in total. The Morgan fingerprint density at radius 1 is 1.67 bits per heavy atom. The SMILES string of the molecule is C[n+]1nc(F)ccc1NCCO. The Morgan fingerprint density at radius 2 is 2.42 bits per heavy atom. The summed E-state index contributed by atoms with van der Waals surface area (Å²) in [5.41, 5.74) is 0. The van der Waals surface area contributed by atoms with Gasteiger partial charge in [0.25, 0.3) is 11.8 Å². The first kappa shape index (κ1) is 8.86. The number of aromatic nitrogens is 2. The Morgan fingerprint density at radius 3 is 3.00 bits per heavy atom. The average Bonchev–Trinajstić information content (AvgIpc) is 2.03. The molecule has 1 aromatic heterocycles. The lowest BCUT2D eigenvalue weighted by Gasteiger charge is -1.98. The molecule has 0 saturated carbocycles. The van der Waals surface area contributed by atoms with Crippen LogP contribution in [0.5, 0.6) is 0 Å². The van der Waals surface area contributed by atoms with Gasteiger partial charge in [-0.05, 0) is 0 Å². The van der Waals surface area contributed by atoms with E-state index in [-0.39, 0.29) is 6.61 Å². The van der Waals surface area contributed by atoms with E-state index in [9.17, 15) is 4.39 Å². The fraction of sp³-hybridized carbons (Fsp3) is 0.429. The van der Waals surface area contributed by atoms with Crippen molar-refractivity contribution in [3.05, 3.63) is 18.1 Å². The summed E-state index contributed by atoms with van der Waals surface area (Å²) in [6.07, 6.45) is 0. The maximum absolute atomic E-state index is 12.5. The second kappa shape index (κ2) is 3.96. The zero-order valence-corrected chi connectivity index (χ0v) is 6.79. The van der Waals surface area contributed by atoms with Crippen LogP contribution in [0.2, 0.25) is 0 Å². The Kier molecular flexibility index (Phi) is 2.93. The lowest BCUT2D eigenvalue weighted by Crippen LogP contribution is -2.37. The van der Waals surface area contributed by atoms with Crippen molar-refractivity contribution in [1.29, 1.82) is 0 Å². The molecular formula is C7H11FN3O+. The normalized spacial score (nSPS) is 9.92. The minimum Gasteiger partial charge on any atom is -0.392 e. The van der Waals surface area contributed by atoms with Crippen LogP contribution < -0.4 is 10.00 Å². The van der Waals surface area contributed by atoms with Gasteiger partial charge in [-0.2, -0.15) is 4.39 Å². The zero-order chi connectivity index (χ0) is 8.97. The molecule has 5 heteroatoms. The van der Waals surface area contributed by atoms with Crippen LogP contribution in [0.1, 0.15) is 0 Å². The van der Waals surface area contributed by atoms with E-state index in [1.807, 2.05) is 0 Å². The average molecular weight is 172 g/mol. The summed E-state index contributed by atoms with van der Waals surface area (Å²) in [6, 6.07) is 2.83. The molecule has 0 saturated heterocycles. The highest BCUT2D eigenvalue weighted by Gasteiger charge is 2.05. The van der Waals surface area contributed by atoms with Gasteiger partial charge in [0.15, 0.2) is 0 Å². The lowest BCUT2D eigenvalue weighted by atomic mass is 10.5. The van der Waals surface area contributed by atoms with E-state index in [1.54, 1.807) is 13.1 Å². The Labute approximate surface area is 69.7 Å². The van der Waals surface area contributed by atoms with Crippen molar-refractivity contribution in [3.8, 4) is 0 Å². The predicted molar refractivity (Wildman–Crippen MR) is 40.9 cm³/mol. The van der Waals surface area contributed by atoms with E-state index >= 15 is 0 Å². The van der Waals surface area contributed by atoms with Gasteiger partial charge in [0.05, 0.1) is 6.61 Å². The molecule has 0 atom stereocenters. The van der Waals surface area contributed by atoms with Gasteiger partial charge in [-0.15, -0.1) is 4.68 Å². The highest BCUT2D eigenvalue weighted by atomic mass is 19.1. The van der Waals surface area contributed by atoms with E-state index in [2.05, 4.69) is 10.4 Å². The monoisotopic (exact) mass is 172 g/mol. The van der Waals surface area contributed by atoms with Crippen LogP contribution >= 0.6 is 0 Å². The van der Waals surface area contributed by atoms with Crippen LogP contribution in [0.3, 0.4) is 0 Å². The molecule has 0 amide bonds. The summed E-state index contributed by atoms with van der Waals surface area (Å²) < 4.78 is 13.8. The molecule has 2 N–H and O–H groups in total. The number of nitrogens with zero attached hydrogens (tertiary/aromatic N) is 2. The Bertz CT molecular complexity index is 267. The molecule has 1 heterocycles. The largest absolute Gasteiger partial charge is 0.392 e. The van der Waals surface area contributed by atoms with Gasteiger partial charge in [-0.3, -0.25) is 5.32 Å². The summed E-state index contributed by atoms with van der Waals surface area (Å²) in [7, 11) is 1.63. The van der Waals surface area contributed by atoms with Crippen molar-refractivity contribution in [2.75, 3.05) is 18.5 Å². The fourth-order valence-corrected chi connectivity index (χ4v) is 0.843. The second-order valence-corrected chi connectivity index (χ2v) is 2.32. The highest BCUT2D eigenvalue weighted by Crippen LogP contribution is 1.96. The van der Waals surface area contributed by atoms with Crippen LogP contribution in [0.4, 0.5) is 10.2 Å². The number of aliphatic hydroxyl groups excluding tert-OH is 1. The molecule has 0 aliphatic rings. The first-order valence-corrected chi connectivity index (χ1v) is 3.61. The molecule has 1 aromatic rings. The van der Waals surface area contributed by atoms with Crippen molar-refractivity contribution < 1.29 is 14.2 Å². The number of hydrogen-bond donors (Lipinski definition) is 2. The van der Waals surface area contributed by atoms with Crippen molar-refractivity contribution in [2.24, 2.45) is 7.05 Å². The summed E-state index contributed by atoms with van der Waals surface area (Å²) >= 11 is 0. The third-order valence-corrected chi connectivity index (χ3v) is 1.39. The van der Waals surface area contributed by atoms with Gasteiger partial charge in [-0.1, -0.05) is 5.10 Å². The number of aliphatic hydroxyl groups is 1. The van der Waals surface area contributed by atoms with Crippen LogP contribution in [0.15, 0.2) is 12.1 Å². The number of anilines is 1. The molecule has 0 aliphatic carbocycles. The van der Waals surface area contributed by atoms with Crippen LogP contribution in [0, 0.1) is 5.95 Å². The highest BCUT2D eigenvalue weighted by molar-refractivity contribution is 5.25. The molecule has 66 valence electrons. The van der Waals surface area contributed by atoms with Crippen LogP contribution in [-0.4, -0.2) is 23.4 Å². The van der Waals surface area contributed by atoms with Crippen LogP contribution in [-0.2, 0) is 7.05 Å². The maximum atomic E-state index is 12.5. The van der Waals surface area contributed by atoms with Crippen molar-refractivity contribution in [3.63, 3.8) is 0 Å².